The minimum Gasteiger partial charge on any atom is -0.493 e. The van der Waals surface area contributed by atoms with Crippen LogP contribution >= 0.6 is 15.9 Å². The summed E-state index contributed by atoms with van der Waals surface area (Å²) in [7, 11) is 0. The second-order valence-electron chi connectivity index (χ2n) is 7.30. The molecule has 0 saturated carbocycles. The minimum absolute atomic E-state index is 0.319. The van der Waals surface area contributed by atoms with Crippen LogP contribution in [0.1, 0.15) is 49.7 Å². The van der Waals surface area contributed by atoms with E-state index in [-0.39, 0.29) is 0 Å². The van der Waals surface area contributed by atoms with Gasteiger partial charge in [-0.2, -0.15) is 0 Å². The van der Waals surface area contributed by atoms with Crippen molar-refractivity contribution in [1.29, 1.82) is 0 Å². The van der Waals surface area contributed by atoms with Crippen LogP contribution in [0.2, 0.25) is 0 Å². The molecule has 0 radical (unpaired) electrons. The summed E-state index contributed by atoms with van der Waals surface area (Å²) in [5.41, 5.74) is 5.39. The highest BCUT2D eigenvalue weighted by Gasteiger charge is 2.20. The van der Waals surface area contributed by atoms with E-state index in [2.05, 4.69) is 40.2 Å². The Morgan fingerprint density at radius 2 is 1.67 bits per heavy atom. The van der Waals surface area contributed by atoms with Gasteiger partial charge in [-0.15, -0.1) is 0 Å². The summed E-state index contributed by atoms with van der Waals surface area (Å²) in [5, 5.41) is 1.10. The Balaban J connectivity index is 1.52. The lowest BCUT2D eigenvalue weighted by Gasteiger charge is -2.23. The van der Waals surface area contributed by atoms with Gasteiger partial charge in [0.1, 0.15) is 5.75 Å². The van der Waals surface area contributed by atoms with E-state index in [0.29, 0.717) is 6.79 Å². The van der Waals surface area contributed by atoms with E-state index in [4.69, 9.17) is 14.2 Å². The molecule has 4 heteroatoms. The van der Waals surface area contributed by atoms with E-state index in [0.717, 1.165) is 48.4 Å². The van der Waals surface area contributed by atoms with Gasteiger partial charge in [-0.05, 0) is 79.0 Å². The zero-order valence-electron chi connectivity index (χ0n) is 15.8. The summed E-state index contributed by atoms with van der Waals surface area (Å²) in [6.07, 6.45) is 9.64. The quantitative estimate of drug-likeness (QED) is 0.363. The van der Waals surface area contributed by atoms with Crippen LogP contribution < -0.4 is 14.2 Å². The van der Waals surface area contributed by atoms with Gasteiger partial charge in [-0.3, -0.25) is 0 Å². The molecule has 0 bridgehead atoms. The van der Waals surface area contributed by atoms with Crippen LogP contribution in [0.25, 0.3) is 11.1 Å². The molecule has 1 aliphatic heterocycles. The van der Waals surface area contributed by atoms with Crippen LogP contribution in [-0.2, 0) is 12.8 Å². The molecule has 4 rings (SSSR count). The summed E-state index contributed by atoms with van der Waals surface area (Å²) in [6.45, 7) is 1.14. The number of alkyl halides is 1. The molecule has 0 atom stereocenters. The highest BCUT2D eigenvalue weighted by Crippen LogP contribution is 2.41. The molecule has 0 aromatic heterocycles. The van der Waals surface area contributed by atoms with Gasteiger partial charge >= 0.3 is 0 Å². The van der Waals surface area contributed by atoms with Crippen molar-refractivity contribution in [2.45, 2.75) is 51.4 Å². The Labute approximate surface area is 170 Å². The van der Waals surface area contributed by atoms with E-state index < -0.39 is 0 Å². The van der Waals surface area contributed by atoms with Crippen LogP contribution in [0.4, 0.5) is 0 Å². The van der Waals surface area contributed by atoms with Crippen molar-refractivity contribution in [1.82, 2.24) is 0 Å². The average molecular weight is 431 g/mol. The predicted molar refractivity (Wildman–Crippen MR) is 112 cm³/mol. The first-order valence-electron chi connectivity index (χ1n) is 10.1. The minimum atomic E-state index is 0.319. The van der Waals surface area contributed by atoms with Gasteiger partial charge in [0, 0.05) is 5.33 Å². The third kappa shape index (κ3) is 4.26. The number of halogens is 1. The SMILES string of the molecule is BrCCCCCCOc1ccc(-c2ccc3c(c2)OCO3)c2c1CCCC2. The van der Waals surface area contributed by atoms with Gasteiger partial charge in [0.25, 0.3) is 0 Å². The van der Waals surface area contributed by atoms with Crippen molar-refractivity contribution in [3.05, 3.63) is 41.5 Å². The largest absolute Gasteiger partial charge is 0.493 e. The van der Waals surface area contributed by atoms with Gasteiger partial charge in [0.2, 0.25) is 6.79 Å². The maximum absolute atomic E-state index is 6.19. The number of unbranched alkanes of at least 4 members (excludes halogenated alkanes) is 3. The fraction of sp³-hybridized carbons (Fsp3) is 0.478. The van der Waals surface area contributed by atoms with Crippen LogP contribution in [0.15, 0.2) is 30.3 Å². The van der Waals surface area contributed by atoms with Gasteiger partial charge in [-0.1, -0.05) is 40.9 Å². The first-order chi connectivity index (χ1) is 13.4. The summed E-state index contributed by atoms with van der Waals surface area (Å²) in [6, 6.07) is 10.7. The molecule has 144 valence electrons. The maximum atomic E-state index is 6.19. The van der Waals surface area contributed by atoms with Crippen LogP contribution in [-0.4, -0.2) is 18.7 Å². The summed E-state index contributed by atoms with van der Waals surface area (Å²) < 4.78 is 17.2. The second kappa shape index (κ2) is 9.01. The van der Waals surface area contributed by atoms with Crippen LogP contribution in [0.3, 0.4) is 0 Å². The molecule has 2 aliphatic rings. The normalized spacial score (nSPS) is 14.9. The highest BCUT2D eigenvalue weighted by atomic mass is 79.9. The van der Waals surface area contributed by atoms with Gasteiger partial charge in [0.05, 0.1) is 6.61 Å². The molecule has 1 aliphatic carbocycles. The van der Waals surface area contributed by atoms with Crippen molar-refractivity contribution < 1.29 is 14.2 Å². The lowest BCUT2D eigenvalue weighted by molar-refractivity contribution is 0.174. The van der Waals surface area contributed by atoms with Gasteiger partial charge < -0.3 is 14.2 Å². The molecule has 2 aromatic carbocycles. The number of fused-ring (bicyclic) bond motifs is 2. The Kier molecular flexibility index (Phi) is 6.23. The van der Waals surface area contributed by atoms with Gasteiger partial charge in [0.15, 0.2) is 11.5 Å². The van der Waals surface area contributed by atoms with Crippen molar-refractivity contribution in [2.24, 2.45) is 0 Å². The lowest BCUT2D eigenvalue weighted by atomic mass is 9.85. The van der Waals surface area contributed by atoms with E-state index >= 15 is 0 Å². The Bertz CT molecular complexity index is 787. The lowest BCUT2D eigenvalue weighted by Crippen LogP contribution is -2.09. The Morgan fingerprint density at radius 3 is 2.56 bits per heavy atom. The summed E-state index contributed by atoms with van der Waals surface area (Å²) in [4.78, 5) is 0. The number of hydrogen-bond acceptors (Lipinski definition) is 3. The maximum Gasteiger partial charge on any atom is 0.231 e. The monoisotopic (exact) mass is 430 g/mol. The van der Waals surface area contributed by atoms with E-state index in [9.17, 15) is 0 Å². The smallest absolute Gasteiger partial charge is 0.231 e. The number of benzene rings is 2. The molecule has 3 nitrogen and oxygen atoms in total. The third-order valence-electron chi connectivity index (χ3n) is 5.46. The molecule has 0 unspecified atom stereocenters. The van der Waals surface area contributed by atoms with Crippen molar-refractivity contribution in [3.63, 3.8) is 0 Å². The fourth-order valence-electron chi connectivity index (χ4n) is 4.04. The standard InChI is InChI=1S/C23H27BrO3/c24-13-5-1-2-6-14-25-21-12-10-18(19-7-3-4-8-20(19)21)17-9-11-22-23(15-17)27-16-26-22/h9-12,15H,1-8,13-14,16H2. The molecular weight excluding hydrogens is 404 g/mol. The summed E-state index contributed by atoms with van der Waals surface area (Å²) in [5.74, 6) is 2.78. The molecule has 1 heterocycles. The molecule has 0 N–H and O–H groups in total. The number of rotatable bonds is 8. The number of ether oxygens (including phenoxy) is 3. The highest BCUT2D eigenvalue weighted by molar-refractivity contribution is 9.09. The molecule has 0 fully saturated rings. The predicted octanol–water partition coefficient (Wildman–Crippen LogP) is 6.30. The summed E-state index contributed by atoms with van der Waals surface area (Å²) >= 11 is 3.49. The fourth-order valence-corrected chi connectivity index (χ4v) is 4.43. The molecule has 0 saturated heterocycles. The molecular formula is C23H27BrO3. The van der Waals surface area contributed by atoms with Crippen LogP contribution in [0, 0.1) is 0 Å². The number of hydrogen-bond donors (Lipinski definition) is 0. The molecule has 2 aromatic rings. The van der Waals surface area contributed by atoms with Crippen molar-refractivity contribution >= 4 is 15.9 Å². The first-order valence-corrected chi connectivity index (χ1v) is 11.2. The zero-order valence-corrected chi connectivity index (χ0v) is 17.4. The average Bonchev–Trinajstić information content (AvgIpc) is 3.18. The van der Waals surface area contributed by atoms with Crippen molar-refractivity contribution in [2.75, 3.05) is 18.7 Å². The first kappa shape index (κ1) is 18.7. The molecule has 27 heavy (non-hydrogen) atoms. The second-order valence-corrected chi connectivity index (χ2v) is 8.09. The zero-order chi connectivity index (χ0) is 18.5. The van der Waals surface area contributed by atoms with Crippen LogP contribution in [0.5, 0.6) is 17.2 Å². The van der Waals surface area contributed by atoms with E-state index in [1.165, 1.54) is 54.4 Å². The Morgan fingerprint density at radius 1 is 0.852 bits per heavy atom. The van der Waals surface area contributed by atoms with E-state index in [1.54, 1.807) is 0 Å². The molecule has 0 spiro atoms. The Hall–Kier alpha value is -1.68. The van der Waals surface area contributed by atoms with Gasteiger partial charge in [-0.25, -0.2) is 0 Å². The topological polar surface area (TPSA) is 27.7 Å². The molecule has 0 amide bonds. The third-order valence-corrected chi connectivity index (χ3v) is 6.02. The van der Waals surface area contributed by atoms with Crippen molar-refractivity contribution in [3.8, 4) is 28.4 Å². The van der Waals surface area contributed by atoms with E-state index in [1.807, 2.05) is 6.07 Å².